The first-order valence-electron chi connectivity index (χ1n) is 9.08. The number of hydrogen-bond donors (Lipinski definition) is 3. The summed E-state index contributed by atoms with van der Waals surface area (Å²) in [4.78, 5) is 38.4. The molecule has 0 radical (unpaired) electrons. The fraction of sp³-hybridized carbons (Fsp3) is 0.190. The predicted molar refractivity (Wildman–Crippen MR) is 112 cm³/mol. The molecule has 0 fully saturated rings. The summed E-state index contributed by atoms with van der Waals surface area (Å²) in [6.45, 7) is -0.0806. The van der Waals surface area contributed by atoms with E-state index in [0.717, 1.165) is 0 Å². The van der Waals surface area contributed by atoms with E-state index in [4.69, 9.17) is 21.4 Å². The van der Waals surface area contributed by atoms with Gasteiger partial charge in [-0.2, -0.15) is 0 Å². The Labute approximate surface area is 178 Å². The van der Waals surface area contributed by atoms with E-state index in [1.165, 1.54) is 12.0 Å². The number of rotatable bonds is 7. The summed E-state index contributed by atoms with van der Waals surface area (Å²) in [7, 11) is 1.24. The number of aliphatic hydroxyl groups is 1. The van der Waals surface area contributed by atoms with Crippen LogP contribution in [-0.2, 0) is 14.3 Å². The molecule has 1 aliphatic heterocycles. The Morgan fingerprint density at radius 2 is 1.87 bits per heavy atom. The number of hydrogen-bond acceptors (Lipinski definition) is 6. The third kappa shape index (κ3) is 4.79. The van der Waals surface area contributed by atoms with E-state index in [-0.39, 0.29) is 36.9 Å². The minimum atomic E-state index is -0.626. The van der Waals surface area contributed by atoms with Crippen LogP contribution in [0.4, 0.5) is 11.4 Å². The van der Waals surface area contributed by atoms with Crippen LogP contribution >= 0.6 is 11.6 Å². The topological polar surface area (TPSA) is 108 Å². The number of carbonyl (C=O) groups is 3. The van der Waals surface area contributed by atoms with Gasteiger partial charge in [-0.25, -0.2) is 4.79 Å². The first-order chi connectivity index (χ1) is 14.4. The molecular formula is C21H20ClN3O5. The lowest BCUT2D eigenvalue weighted by molar-refractivity contribution is -0.136. The summed E-state index contributed by atoms with van der Waals surface area (Å²) in [5.41, 5.74) is 1.69. The van der Waals surface area contributed by atoms with Crippen molar-refractivity contribution in [3.05, 3.63) is 70.4 Å². The maximum atomic E-state index is 12.6. The van der Waals surface area contributed by atoms with Gasteiger partial charge in [0.15, 0.2) is 0 Å². The van der Waals surface area contributed by atoms with E-state index in [1.807, 2.05) is 0 Å². The monoisotopic (exact) mass is 429 g/mol. The van der Waals surface area contributed by atoms with E-state index in [9.17, 15) is 14.4 Å². The average molecular weight is 430 g/mol. The molecule has 0 saturated carbocycles. The quantitative estimate of drug-likeness (QED) is 0.583. The molecule has 156 valence electrons. The fourth-order valence-corrected chi connectivity index (χ4v) is 3.10. The molecule has 8 nitrogen and oxygen atoms in total. The number of carbonyl (C=O) groups excluding carboxylic acids is 3. The Morgan fingerprint density at radius 3 is 2.53 bits per heavy atom. The van der Waals surface area contributed by atoms with Crippen molar-refractivity contribution in [2.24, 2.45) is 0 Å². The summed E-state index contributed by atoms with van der Waals surface area (Å²) < 4.78 is 4.77. The number of methoxy groups -OCH3 is 1. The lowest BCUT2D eigenvalue weighted by Crippen LogP contribution is -2.31. The smallest absolute Gasteiger partial charge is 0.337 e. The number of benzene rings is 2. The number of nitrogens with zero attached hydrogens (tertiary/aromatic N) is 1. The molecule has 0 atom stereocenters. The van der Waals surface area contributed by atoms with Crippen molar-refractivity contribution in [1.82, 2.24) is 4.90 Å². The third-order valence-corrected chi connectivity index (χ3v) is 4.70. The van der Waals surface area contributed by atoms with Gasteiger partial charge in [-0.1, -0.05) is 17.7 Å². The summed E-state index contributed by atoms with van der Waals surface area (Å²) in [5, 5.41) is 15.4. The first-order valence-corrected chi connectivity index (χ1v) is 9.46. The van der Waals surface area contributed by atoms with E-state index in [1.54, 1.807) is 48.5 Å². The minimum absolute atomic E-state index is 0.0430. The highest BCUT2D eigenvalue weighted by atomic mass is 35.5. The van der Waals surface area contributed by atoms with Crippen LogP contribution in [-0.4, -0.2) is 54.6 Å². The molecular weight excluding hydrogens is 410 g/mol. The van der Waals surface area contributed by atoms with Gasteiger partial charge in [-0.15, -0.1) is 0 Å². The van der Waals surface area contributed by atoms with Crippen molar-refractivity contribution in [1.29, 1.82) is 0 Å². The van der Waals surface area contributed by atoms with Crippen molar-refractivity contribution in [2.75, 3.05) is 37.4 Å². The minimum Gasteiger partial charge on any atom is -0.466 e. The molecule has 1 heterocycles. The van der Waals surface area contributed by atoms with Crippen molar-refractivity contribution < 1.29 is 24.2 Å². The van der Waals surface area contributed by atoms with Crippen molar-refractivity contribution in [2.45, 2.75) is 0 Å². The largest absolute Gasteiger partial charge is 0.466 e. The molecule has 0 spiro atoms. The Balaban J connectivity index is 1.79. The van der Waals surface area contributed by atoms with Gasteiger partial charge in [0, 0.05) is 28.5 Å². The number of ether oxygens (including phenoxy) is 1. The number of β-amino-alcohol motifs (C(OH)–C–C–N with tert-alkyl or cyclic N) is 1. The molecule has 2 aromatic carbocycles. The second-order valence-electron chi connectivity index (χ2n) is 6.46. The fourth-order valence-electron chi connectivity index (χ4n) is 2.97. The Bertz CT molecular complexity index is 1000. The molecule has 0 aromatic heterocycles. The molecule has 3 N–H and O–H groups in total. The normalized spacial score (nSPS) is 13.4. The lowest BCUT2D eigenvalue weighted by atomic mass is 10.2. The van der Waals surface area contributed by atoms with E-state index in [0.29, 0.717) is 22.0 Å². The number of nitrogens with one attached hydrogen (secondary N) is 2. The number of halogens is 1. The van der Waals surface area contributed by atoms with Crippen LogP contribution in [0, 0.1) is 0 Å². The van der Waals surface area contributed by atoms with Gasteiger partial charge in [0.2, 0.25) is 0 Å². The zero-order valence-corrected chi connectivity index (χ0v) is 16.9. The maximum absolute atomic E-state index is 12.6. The van der Waals surface area contributed by atoms with Crippen molar-refractivity contribution >= 4 is 40.8 Å². The number of aliphatic hydroxyl groups excluding tert-OH is 1. The highest BCUT2D eigenvalue weighted by Gasteiger charge is 2.34. The van der Waals surface area contributed by atoms with E-state index >= 15 is 0 Å². The Morgan fingerprint density at radius 1 is 1.17 bits per heavy atom. The Hall–Kier alpha value is -3.36. The molecule has 30 heavy (non-hydrogen) atoms. The SMILES string of the molecule is COC(=O)C1=C(Nc2cccc(NC(=O)c3ccc(Cl)cc3)c2)C(=O)N(CCO)C1. The lowest BCUT2D eigenvalue weighted by Gasteiger charge is -2.15. The number of amides is 2. The van der Waals surface area contributed by atoms with Gasteiger partial charge in [0.1, 0.15) is 5.70 Å². The summed E-state index contributed by atoms with van der Waals surface area (Å²) >= 11 is 5.84. The van der Waals surface area contributed by atoms with Crippen LogP contribution in [0.15, 0.2) is 59.8 Å². The maximum Gasteiger partial charge on any atom is 0.337 e. The third-order valence-electron chi connectivity index (χ3n) is 4.45. The Kier molecular flexibility index (Phi) is 6.71. The summed E-state index contributed by atoms with van der Waals surface area (Å²) in [5.74, 6) is -1.36. The molecule has 0 unspecified atom stereocenters. The molecule has 0 saturated heterocycles. The zero-order chi connectivity index (χ0) is 21.7. The molecule has 3 rings (SSSR count). The molecule has 2 aromatic rings. The van der Waals surface area contributed by atoms with E-state index < -0.39 is 11.9 Å². The molecule has 2 amide bonds. The highest BCUT2D eigenvalue weighted by molar-refractivity contribution is 6.30. The van der Waals surface area contributed by atoms with Crippen LogP contribution in [0.5, 0.6) is 0 Å². The van der Waals surface area contributed by atoms with Crippen LogP contribution in [0.1, 0.15) is 10.4 Å². The standard InChI is InChI=1S/C21H20ClN3O5/c1-30-21(29)17-12-25(9-10-26)20(28)18(17)23-15-3-2-4-16(11-15)24-19(27)13-5-7-14(22)8-6-13/h2-8,11,23,26H,9-10,12H2,1H3,(H,24,27). The number of anilines is 2. The first kappa shape index (κ1) is 21.4. The highest BCUT2D eigenvalue weighted by Crippen LogP contribution is 2.24. The predicted octanol–water partition coefficient (Wildman–Crippen LogP) is 2.27. The second-order valence-corrected chi connectivity index (χ2v) is 6.90. The van der Waals surface area contributed by atoms with Gasteiger partial charge in [-0.05, 0) is 42.5 Å². The van der Waals surface area contributed by atoms with Gasteiger partial charge in [0.05, 0.1) is 25.8 Å². The van der Waals surface area contributed by atoms with Gasteiger partial charge in [-0.3, -0.25) is 9.59 Å². The van der Waals surface area contributed by atoms with E-state index in [2.05, 4.69) is 10.6 Å². The van der Waals surface area contributed by atoms with Crippen molar-refractivity contribution in [3.63, 3.8) is 0 Å². The van der Waals surface area contributed by atoms with Crippen LogP contribution < -0.4 is 10.6 Å². The van der Waals surface area contributed by atoms with Crippen LogP contribution in [0.3, 0.4) is 0 Å². The molecule has 0 aliphatic carbocycles. The summed E-state index contributed by atoms with van der Waals surface area (Å²) in [6.07, 6.45) is 0. The molecule has 1 aliphatic rings. The van der Waals surface area contributed by atoms with Gasteiger partial charge >= 0.3 is 5.97 Å². The molecule has 9 heteroatoms. The van der Waals surface area contributed by atoms with Gasteiger partial charge < -0.3 is 25.4 Å². The second kappa shape index (κ2) is 9.43. The van der Waals surface area contributed by atoms with Crippen molar-refractivity contribution in [3.8, 4) is 0 Å². The van der Waals surface area contributed by atoms with Crippen LogP contribution in [0.2, 0.25) is 5.02 Å². The van der Waals surface area contributed by atoms with Gasteiger partial charge in [0.25, 0.3) is 11.8 Å². The summed E-state index contributed by atoms with van der Waals surface area (Å²) in [6, 6.07) is 13.2. The number of esters is 1. The molecule has 0 bridgehead atoms. The van der Waals surface area contributed by atoms with Crippen LogP contribution in [0.25, 0.3) is 0 Å². The average Bonchev–Trinajstić information content (AvgIpc) is 3.04. The zero-order valence-electron chi connectivity index (χ0n) is 16.1.